The van der Waals surface area contributed by atoms with Crippen LogP contribution in [0.5, 0.6) is 0 Å². The van der Waals surface area contributed by atoms with Gasteiger partial charge in [-0.3, -0.25) is 0 Å². The molecule has 0 saturated heterocycles. The first-order chi connectivity index (χ1) is 4.68. The fourth-order valence-corrected chi connectivity index (χ4v) is 0.902. The lowest BCUT2D eigenvalue weighted by Crippen LogP contribution is -2.19. The number of hydrogen-bond acceptors (Lipinski definition) is 3. The second-order valence-electron chi connectivity index (χ2n) is 2.48. The third-order valence-electron chi connectivity index (χ3n) is 1.45. The Balaban J connectivity index is 3.13. The predicted molar refractivity (Wildman–Crippen MR) is 45.1 cm³/mol. The van der Waals surface area contributed by atoms with Gasteiger partial charge in [-0.1, -0.05) is 26.2 Å². The van der Waals surface area contributed by atoms with E-state index >= 15 is 0 Å². The van der Waals surface area contributed by atoms with Crippen molar-refractivity contribution in [2.45, 2.75) is 44.1 Å². The van der Waals surface area contributed by atoms with Crippen molar-refractivity contribution in [3.63, 3.8) is 0 Å². The molecule has 0 aliphatic heterocycles. The topological polar surface area (TPSA) is 40.5 Å². The van der Waals surface area contributed by atoms with E-state index < -0.39 is 11.5 Å². The molecule has 0 aromatic rings. The van der Waals surface area contributed by atoms with Gasteiger partial charge >= 0.3 is 0 Å². The Hall–Kier alpha value is 0.270. The van der Waals surface area contributed by atoms with Crippen molar-refractivity contribution >= 4 is 12.6 Å². The van der Waals surface area contributed by atoms with Crippen LogP contribution in [0.1, 0.15) is 32.6 Å². The first kappa shape index (κ1) is 10.3. The van der Waals surface area contributed by atoms with Gasteiger partial charge in [0.1, 0.15) is 5.44 Å². The van der Waals surface area contributed by atoms with Crippen molar-refractivity contribution in [2.75, 3.05) is 0 Å². The van der Waals surface area contributed by atoms with E-state index in [1.54, 1.807) is 0 Å². The summed E-state index contributed by atoms with van der Waals surface area (Å²) in [6.45, 7) is 2.10. The van der Waals surface area contributed by atoms with Crippen molar-refractivity contribution in [1.29, 1.82) is 0 Å². The molecule has 2 unspecified atom stereocenters. The lowest BCUT2D eigenvalue weighted by molar-refractivity contribution is 0.0663. The van der Waals surface area contributed by atoms with Gasteiger partial charge in [0.2, 0.25) is 0 Å². The monoisotopic (exact) mass is 164 g/mol. The zero-order chi connectivity index (χ0) is 7.98. The Morgan fingerprint density at radius 2 is 1.90 bits per heavy atom. The molecule has 2 N–H and O–H groups in total. The summed E-state index contributed by atoms with van der Waals surface area (Å²) in [5.74, 6) is 0. The van der Waals surface area contributed by atoms with Gasteiger partial charge < -0.3 is 10.2 Å². The maximum atomic E-state index is 9.03. The van der Waals surface area contributed by atoms with Crippen LogP contribution in [-0.4, -0.2) is 21.8 Å². The van der Waals surface area contributed by atoms with E-state index in [1.165, 1.54) is 0 Å². The van der Waals surface area contributed by atoms with Crippen LogP contribution in [0.3, 0.4) is 0 Å². The molecule has 0 aromatic heterocycles. The number of aliphatic hydroxyl groups excluding tert-OH is 2. The highest BCUT2D eigenvalue weighted by molar-refractivity contribution is 7.80. The molecule has 62 valence electrons. The number of hydrogen-bond donors (Lipinski definition) is 3. The summed E-state index contributed by atoms with van der Waals surface area (Å²) in [5, 5.41) is 17.8. The molecule has 2 atom stereocenters. The van der Waals surface area contributed by atoms with Crippen LogP contribution < -0.4 is 0 Å². The molecule has 0 fully saturated rings. The van der Waals surface area contributed by atoms with Crippen molar-refractivity contribution in [3.8, 4) is 0 Å². The smallest absolute Gasteiger partial charge is 0.122 e. The van der Waals surface area contributed by atoms with Crippen LogP contribution >= 0.6 is 12.6 Å². The average Bonchev–Trinajstić information content (AvgIpc) is 1.88. The van der Waals surface area contributed by atoms with Crippen LogP contribution in [0.15, 0.2) is 0 Å². The van der Waals surface area contributed by atoms with Crippen LogP contribution in [0.4, 0.5) is 0 Å². The van der Waals surface area contributed by atoms with Crippen LogP contribution in [0.25, 0.3) is 0 Å². The zero-order valence-electron chi connectivity index (χ0n) is 6.32. The standard InChI is InChI=1S/C7H16O2S/c1-2-3-4-5-6(8)7(9)10/h6-10H,2-5H2,1H3. The number of thiol groups is 1. The molecule has 10 heavy (non-hydrogen) atoms. The highest BCUT2D eigenvalue weighted by Crippen LogP contribution is 2.08. The Morgan fingerprint density at radius 1 is 1.30 bits per heavy atom. The van der Waals surface area contributed by atoms with E-state index in [1.807, 2.05) is 0 Å². The fourth-order valence-electron chi connectivity index (χ4n) is 0.753. The summed E-state index contributed by atoms with van der Waals surface area (Å²) < 4.78 is 0. The second-order valence-corrected chi connectivity index (χ2v) is 3.01. The summed E-state index contributed by atoms with van der Waals surface area (Å²) in [6.07, 6.45) is 3.20. The normalized spacial score (nSPS) is 16.8. The molecule has 0 saturated carbocycles. The molecular formula is C7H16O2S. The van der Waals surface area contributed by atoms with Gasteiger partial charge in [-0.15, -0.1) is 12.6 Å². The fraction of sp³-hybridized carbons (Fsp3) is 1.00. The summed E-state index contributed by atoms with van der Waals surface area (Å²) in [5.41, 5.74) is -0.878. The molecule has 3 heteroatoms. The molecule has 0 amide bonds. The Morgan fingerprint density at radius 3 is 2.30 bits per heavy atom. The summed E-state index contributed by atoms with van der Waals surface area (Å²) in [4.78, 5) is 0. The van der Waals surface area contributed by atoms with Crippen molar-refractivity contribution in [3.05, 3.63) is 0 Å². The van der Waals surface area contributed by atoms with E-state index in [2.05, 4.69) is 19.6 Å². The Bertz CT molecular complexity index is 76.0. The van der Waals surface area contributed by atoms with Gasteiger partial charge in [0.25, 0.3) is 0 Å². The average molecular weight is 164 g/mol. The van der Waals surface area contributed by atoms with Gasteiger partial charge in [0.15, 0.2) is 0 Å². The molecule has 0 bridgehead atoms. The number of unbranched alkanes of at least 4 members (excludes halogenated alkanes) is 2. The van der Waals surface area contributed by atoms with Crippen molar-refractivity contribution < 1.29 is 10.2 Å². The van der Waals surface area contributed by atoms with Crippen molar-refractivity contribution in [2.24, 2.45) is 0 Å². The number of rotatable bonds is 5. The number of aliphatic hydroxyl groups is 2. The Kier molecular flexibility index (Phi) is 6.17. The van der Waals surface area contributed by atoms with Crippen molar-refractivity contribution in [1.82, 2.24) is 0 Å². The van der Waals surface area contributed by atoms with Gasteiger partial charge in [0, 0.05) is 0 Å². The first-order valence-corrected chi connectivity index (χ1v) is 4.24. The molecule has 0 radical (unpaired) electrons. The lowest BCUT2D eigenvalue weighted by Gasteiger charge is -2.11. The maximum Gasteiger partial charge on any atom is 0.122 e. The summed E-state index contributed by atoms with van der Waals surface area (Å²) in [6, 6.07) is 0. The zero-order valence-corrected chi connectivity index (χ0v) is 7.22. The minimum atomic E-state index is -0.878. The first-order valence-electron chi connectivity index (χ1n) is 3.72. The quantitative estimate of drug-likeness (QED) is 0.324. The van der Waals surface area contributed by atoms with E-state index in [0.29, 0.717) is 6.42 Å². The third kappa shape index (κ3) is 5.09. The van der Waals surface area contributed by atoms with E-state index in [4.69, 9.17) is 10.2 Å². The highest BCUT2D eigenvalue weighted by atomic mass is 32.1. The van der Waals surface area contributed by atoms with Gasteiger partial charge in [-0.05, 0) is 6.42 Å². The molecule has 0 aliphatic rings. The predicted octanol–water partition coefficient (Wildman–Crippen LogP) is 1.18. The SMILES string of the molecule is CCCCCC(O)C(O)S. The van der Waals surface area contributed by atoms with Crippen LogP contribution in [-0.2, 0) is 0 Å². The molecular weight excluding hydrogens is 148 g/mol. The molecule has 0 rings (SSSR count). The minimum absolute atomic E-state index is 0.651. The molecule has 2 nitrogen and oxygen atoms in total. The molecule has 0 heterocycles. The maximum absolute atomic E-state index is 9.03. The molecule has 0 spiro atoms. The van der Waals surface area contributed by atoms with Gasteiger partial charge in [-0.2, -0.15) is 0 Å². The molecule has 0 aliphatic carbocycles. The molecule has 0 aromatic carbocycles. The largest absolute Gasteiger partial charge is 0.390 e. The van der Waals surface area contributed by atoms with E-state index in [0.717, 1.165) is 19.3 Å². The van der Waals surface area contributed by atoms with Gasteiger partial charge in [0.05, 0.1) is 6.10 Å². The minimum Gasteiger partial charge on any atom is -0.390 e. The van der Waals surface area contributed by atoms with Gasteiger partial charge in [-0.25, -0.2) is 0 Å². The second kappa shape index (κ2) is 6.01. The van der Waals surface area contributed by atoms with E-state index in [-0.39, 0.29) is 0 Å². The van der Waals surface area contributed by atoms with E-state index in [9.17, 15) is 0 Å². The summed E-state index contributed by atoms with van der Waals surface area (Å²) >= 11 is 3.70. The lowest BCUT2D eigenvalue weighted by atomic mass is 10.1. The van der Waals surface area contributed by atoms with Crippen LogP contribution in [0, 0.1) is 0 Å². The highest BCUT2D eigenvalue weighted by Gasteiger charge is 2.09. The van der Waals surface area contributed by atoms with Crippen LogP contribution in [0.2, 0.25) is 0 Å². The summed E-state index contributed by atoms with van der Waals surface area (Å²) in [7, 11) is 0. The Labute approximate surface area is 67.7 Å². The third-order valence-corrected chi connectivity index (χ3v) is 1.79.